The van der Waals surface area contributed by atoms with E-state index in [0.717, 1.165) is 0 Å². The minimum Gasteiger partial charge on any atom is -0.253 e. The fourth-order valence-corrected chi connectivity index (χ4v) is 4.75. The molecule has 0 unspecified atom stereocenters. The molecular formula is C12H14N2O4S2. The fourth-order valence-electron chi connectivity index (χ4n) is 1.86. The number of hydrogen-bond donors (Lipinski definition) is 1. The molecule has 20 heavy (non-hydrogen) atoms. The van der Waals surface area contributed by atoms with E-state index in [1.54, 1.807) is 31.2 Å². The molecule has 0 aliphatic rings. The lowest BCUT2D eigenvalue weighted by atomic mass is 10.2. The molecule has 0 aliphatic carbocycles. The van der Waals surface area contributed by atoms with E-state index in [2.05, 4.69) is 4.98 Å². The first-order valence-corrected chi connectivity index (χ1v) is 9.15. The van der Waals surface area contributed by atoms with Crippen LogP contribution in [0.15, 0.2) is 35.2 Å². The molecule has 6 nitrogen and oxygen atoms in total. The molecule has 0 aliphatic heterocycles. The Kier molecular flexibility index (Phi) is 3.81. The fraction of sp³-hybridized carbons (Fsp3) is 0.250. The highest BCUT2D eigenvalue weighted by Crippen LogP contribution is 2.23. The molecular weight excluding hydrogens is 300 g/mol. The van der Waals surface area contributed by atoms with E-state index in [1.165, 1.54) is 6.07 Å². The first-order valence-electron chi connectivity index (χ1n) is 5.79. The quantitative estimate of drug-likeness (QED) is 0.889. The second kappa shape index (κ2) is 5.12. The van der Waals surface area contributed by atoms with Gasteiger partial charge in [0.15, 0.2) is 9.84 Å². The Balaban J connectivity index is 2.57. The van der Waals surface area contributed by atoms with Crippen LogP contribution in [-0.4, -0.2) is 33.3 Å². The summed E-state index contributed by atoms with van der Waals surface area (Å²) in [5.41, 5.74) is 1.11. The number of fused-ring (bicyclic) bond motifs is 1. The van der Waals surface area contributed by atoms with Gasteiger partial charge in [-0.25, -0.2) is 22.0 Å². The van der Waals surface area contributed by atoms with E-state index in [1.807, 2.05) is 0 Å². The molecule has 0 bridgehead atoms. The Morgan fingerprint density at radius 3 is 2.40 bits per heavy atom. The van der Waals surface area contributed by atoms with Gasteiger partial charge in [-0.2, -0.15) is 0 Å². The van der Waals surface area contributed by atoms with E-state index in [0.29, 0.717) is 16.6 Å². The van der Waals surface area contributed by atoms with Crippen LogP contribution in [-0.2, 0) is 19.9 Å². The smallest absolute Gasteiger partial charge is 0.210 e. The molecule has 0 radical (unpaired) electrons. The molecule has 8 heteroatoms. The molecule has 1 aromatic carbocycles. The van der Waals surface area contributed by atoms with Crippen LogP contribution < -0.4 is 5.14 Å². The summed E-state index contributed by atoms with van der Waals surface area (Å²) in [6.45, 7) is 1.69. The van der Waals surface area contributed by atoms with Crippen LogP contribution >= 0.6 is 0 Å². The number of primary sulfonamides is 1. The van der Waals surface area contributed by atoms with Crippen molar-refractivity contribution in [2.75, 3.05) is 11.5 Å². The number of nitrogens with zero attached hydrogens (tertiary/aromatic N) is 1. The lowest BCUT2D eigenvalue weighted by molar-refractivity contribution is 0.589. The van der Waals surface area contributed by atoms with Crippen LogP contribution in [0.25, 0.3) is 10.9 Å². The number of rotatable bonds is 4. The summed E-state index contributed by atoms with van der Waals surface area (Å²) in [5, 5.41) is 5.34. The van der Waals surface area contributed by atoms with Crippen molar-refractivity contribution in [3.63, 3.8) is 0 Å². The molecule has 0 spiro atoms. The SMILES string of the molecule is Cc1cc(S(=O)(=O)CCS(N)(=O)=O)c2ccccc2n1. The third kappa shape index (κ3) is 3.33. The van der Waals surface area contributed by atoms with Crippen molar-refractivity contribution in [1.29, 1.82) is 0 Å². The van der Waals surface area contributed by atoms with E-state index in [9.17, 15) is 16.8 Å². The first-order chi connectivity index (χ1) is 9.19. The topological polar surface area (TPSA) is 107 Å². The van der Waals surface area contributed by atoms with Gasteiger partial charge < -0.3 is 0 Å². The monoisotopic (exact) mass is 314 g/mol. The summed E-state index contributed by atoms with van der Waals surface area (Å²) in [6.07, 6.45) is 0. The Labute approximate surface area is 117 Å². The van der Waals surface area contributed by atoms with Gasteiger partial charge in [0.25, 0.3) is 0 Å². The minimum absolute atomic E-state index is 0.0873. The molecule has 2 N–H and O–H groups in total. The maximum absolute atomic E-state index is 12.3. The van der Waals surface area contributed by atoms with Crippen LogP contribution in [0.2, 0.25) is 0 Å². The first kappa shape index (κ1) is 14.9. The number of benzene rings is 1. The number of para-hydroxylation sites is 1. The number of hydrogen-bond acceptors (Lipinski definition) is 5. The Hall–Kier alpha value is -1.51. The second-order valence-electron chi connectivity index (χ2n) is 4.46. The van der Waals surface area contributed by atoms with Crippen LogP contribution in [0.3, 0.4) is 0 Å². The van der Waals surface area contributed by atoms with Crippen molar-refractivity contribution in [2.24, 2.45) is 5.14 Å². The zero-order valence-electron chi connectivity index (χ0n) is 10.8. The average Bonchev–Trinajstić information content (AvgIpc) is 2.35. The molecule has 2 aromatic rings. The van der Waals surface area contributed by atoms with Crippen LogP contribution in [0.4, 0.5) is 0 Å². The van der Waals surface area contributed by atoms with Crippen LogP contribution in [0.1, 0.15) is 5.69 Å². The number of sulfonamides is 1. The number of sulfone groups is 1. The Morgan fingerprint density at radius 1 is 1.10 bits per heavy atom. The highest BCUT2D eigenvalue weighted by Gasteiger charge is 2.21. The highest BCUT2D eigenvalue weighted by molar-refractivity contribution is 7.94. The maximum Gasteiger partial charge on any atom is 0.210 e. The summed E-state index contributed by atoms with van der Waals surface area (Å²) in [7, 11) is -7.57. The number of aryl methyl sites for hydroxylation is 1. The zero-order chi connectivity index (χ0) is 15.0. The maximum atomic E-state index is 12.3. The summed E-state index contributed by atoms with van der Waals surface area (Å²) in [5.74, 6) is -1.15. The molecule has 2 rings (SSSR count). The molecule has 108 valence electrons. The Morgan fingerprint density at radius 2 is 1.75 bits per heavy atom. The van der Waals surface area contributed by atoms with Gasteiger partial charge in [-0.1, -0.05) is 18.2 Å². The molecule has 0 atom stereocenters. The summed E-state index contributed by atoms with van der Waals surface area (Å²) < 4.78 is 46.5. The molecule has 0 saturated heterocycles. The van der Waals surface area contributed by atoms with E-state index < -0.39 is 31.4 Å². The molecule has 0 amide bonds. The van der Waals surface area contributed by atoms with Gasteiger partial charge in [-0.15, -0.1) is 0 Å². The molecule has 0 saturated carbocycles. The van der Waals surface area contributed by atoms with Crippen molar-refractivity contribution in [1.82, 2.24) is 4.98 Å². The third-order valence-electron chi connectivity index (χ3n) is 2.78. The van der Waals surface area contributed by atoms with Crippen molar-refractivity contribution < 1.29 is 16.8 Å². The zero-order valence-corrected chi connectivity index (χ0v) is 12.4. The summed E-state index contributed by atoms with van der Waals surface area (Å²) >= 11 is 0. The van der Waals surface area contributed by atoms with Crippen molar-refractivity contribution in [2.45, 2.75) is 11.8 Å². The third-order valence-corrected chi connectivity index (χ3v) is 5.56. The second-order valence-corrected chi connectivity index (χ2v) is 8.28. The molecule has 1 heterocycles. The average molecular weight is 314 g/mol. The van der Waals surface area contributed by atoms with E-state index >= 15 is 0 Å². The van der Waals surface area contributed by atoms with Gasteiger partial charge in [0.1, 0.15) is 0 Å². The van der Waals surface area contributed by atoms with Crippen molar-refractivity contribution in [3.05, 3.63) is 36.0 Å². The van der Waals surface area contributed by atoms with Crippen LogP contribution in [0.5, 0.6) is 0 Å². The largest absolute Gasteiger partial charge is 0.253 e. The predicted octanol–water partition coefficient (Wildman–Crippen LogP) is 0.605. The van der Waals surface area contributed by atoms with Gasteiger partial charge in [-0.05, 0) is 19.1 Å². The number of pyridine rings is 1. The van der Waals surface area contributed by atoms with Gasteiger partial charge >= 0.3 is 0 Å². The minimum atomic E-state index is -3.82. The summed E-state index contributed by atoms with van der Waals surface area (Å²) in [6, 6.07) is 8.26. The summed E-state index contributed by atoms with van der Waals surface area (Å²) in [4.78, 5) is 4.34. The standard InChI is InChI=1S/C12H14N2O4S2/c1-9-8-12(10-4-2-3-5-11(10)14-9)19(15,16)6-7-20(13,17)18/h2-5,8H,6-7H2,1H3,(H2,13,17,18). The molecule has 1 aromatic heterocycles. The predicted molar refractivity (Wildman–Crippen MR) is 76.5 cm³/mol. The Bertz CT molecular complexity index is 858. The van der Waals surface area contributed by atoms with Gasteiger partial charge in [0, 0.05) is 11.1 Å². The van der Waals surface area contributed by atoms with E-state index in [4.69, 9.17) is 5.14 Å². The van der Waals surface area contributed by atoms with Gasteiger partial charge in [-0.3, -0.25) is 4.98 Å². The lowest BCUT2D eigenvalue weighted by Crippen LogP contribution is -2.23. The van der Waals surface area contributed by atoms with Crippen LogP contribution in [0, 0.1) is 6.92 Å². The normalized spacial score (nSPS) is 12.7. The number of aromatic nitrogens is 1. The van der Waals surface area contributed by atoms with Gasteiger partial charge in [0.05, 0.1) is 21.9 Å². The van der Waals surface area contributed by atoms with E-state index in [-0.39, 0.29) is 4.90 Å². The van der Waals surface area contributed by atoms with Crippen molar-refractivity contribution in [3.8, 4) is 0 Å². The molecule has 0 fully saturated rings. The van der Waals surface area contributed by atoms with Gasteiger partial charge in [0.2, 0.25) is 10.0 Å². The number of nitrogens with two attached hydrogens (primary N) is 1. The van der Waals surface area contributed by atoms with Crippen molar-refractivity contribution >= 4 is 30.8 Å². The lowest BCUT2D eigenvalue weighted by Gasteiger charge is -2.08. The highest BCUT2D eigenvalue weighted by atomic mass is 32.2.